The van der Waals surface area contributed by atoms with Crippen molar-refractivity contribution in [1.82, 2.24) is 19.7 Å². The fraction of sp³-hybridized carbons (Fsp3) is 0.393. The molecule has 2 heterocycles. The smallest absolute Gasteiger partial charge is 0.275 e. The van der Waals surface area contributed by atoms with Crippen molar-refractivity contribution in [3.05, 3.63) is 77.5 Å². The minimum absolute atomic E-state index is 0.0249. The van der Waals surface area contributed by atoms with E-state index in [1.54, 1.807) is 30.9 Å². The van der Waals surface area contributed by atoms with Gasteiger partial charge in [0.15, 0.2) is 5.69 Å². The topological polar surface area (TPSA) is 88.4 Å². The summed E-state index contributed by atoms with van der Waals surface area (Å²) in [5, 5.41) is 0. The molecule has 9 nitrogen and oxygen atoms in total. The van der Waals surface area contributed by atoms with Crippen molar-refractivity contribution < 1.29 is 23.5 Å². The number of benzene rings is 2. The summed E-state index contributed by atoms with van der Waals surface area (Å²) in [4.78, 5) is 34.8. The molecule has 0 spiro atoms. The minimum atomic E-state index is -0.183. The van der Waals surface area contributed by atoms with E-state index in [1.165, 1.54) is 6.26 Å². The Bertz CT molecular complexity index is 1200. The summed E-state index contributed by atoms with van der Waals surface area (Å²) < 4.78 is 16.7. The molecule has 1 aliphatic rings. The molecule has 1 aliphatic heterocycles. The number of piperazine rings is 1. The highest BCUT2D eigenvalue weighted by atomic mass is 16.5. The van der Waals surface area contributed by atoms with Crippen LogP contribution >= 0.6 is 0 Å². The van der Waals surface area contributed by atoms with Crippen molar-refractivity contribution in [3.63, 3.8) is 0 Å². The van der Waals surface area contributed by atoms with Gasteiger partial charge < -0.3 is 23.7 Å². The van der Waals surface area contributed by atoms with Gasteiger partial charge in [0.05, 0.1) is 20.8 Å². The standard InChI is InChI=1S/C28H34N4O5/c1-20(22-8-6-5-7-9-22)32(17-23-10-11-24(35-3)16-26(23)36-4)18-27-29-25(19-37-27)28(34)31-14-12-30(13-15-31)21(2)33/h5-11,16,19-20H,12-15,17-18H2,1-4H3. The largest absolute Gasteiger partial charge is 0.497 e. The fourth-order valence-electron chi connectivity index (χ4n) is 4.52. The van der Waals surface area contributed by atoms with E-state index in [0.717, 1.165) is 22.6 Å². The Morgan fingerprint density at radius 1 is 1.00 bits per heavy atom. The number of amides is 2. The van der Waals surface area contributed by atoms with Crippen LogP contribution < -0.4 is 9.47 Å². The van der Waals surface area contributed by atoms with Gasteiger partial charge in [0.2, 0.25) is 11.8 Å². The summed E-state index contributed by atoms with van der Waals surface area (Å²) in [5.41, 5.74) is 2.43. The van der Waals surface area contributed by atoms with Gasteiger partial charge in [-0.3, -0.25) is 14.5 Å². The van der Waals surface area contributed by atoms with Crippen LogP contribution in [-0.4, -0.2) is 71.9 Å². The van der Waals surface area contributed by atoms with Gasteiger partial charge >= 0.3 is 0 Å². The first-order valence-corrected chi connectivity index (χ1v) is 12.4. The van der Waals surface area contributed by atoms with E-state index < -0.39 is 0 Å². The number of methoxy groups -OCH3 is 2. The van der Waals surface area contributed by atoms with E-state index in [-0.39, 0.29) is 23.6 Å². The lowest BCUT2D eigenvalue weighted by molar-refractivity contribution is -0.130. The van der Waals surface area contributed by atoms with Gasteiger partial charge in [0, 0.05) is 57.3 Å². The van der Waals surface area contributed by atoms with Crippen LogP contribution in [-0.2, 0) is 17.9 Å². The molecular weight excluding hydrogens is 472 g/mol. The van der Waals surface area contributed by atoms with Gasteiger partial charge in [-0.2, -0.15) is 0 Å². The summed E-state index contributed by atoms with van der Waals surface area (Å²) in [7, 11) is 3.27. The van der Waals surface area contributed by atoms with E-state index in [4.69, 9.17) is 13.9 Å². The normalized spacial score (nSPS) is 14.5. The van der Waals surface area contributed by atoms with E-state index >= 15 is 0 Å². The number of nitrogens with zero attached hydrogens (tertiary/aromatic N) is 4. The maximum atomic E-state index is 13.0. The van der Waals surface area contributed by atoms with Crippen molar-refractivity contribution in [2.24, 2.45) is 0 Å². The first-order valence-electron chi connectivity index (χ1n) is 12.4. The zero-order chi connectivity index (χ0) is 26.4. The van der Waals surface area contributed by atoms with Crippen molar-refractivity contribution in [1.29, 1.82) is 0 Å². The molecule has 196 valence electrons. The van der Waals surface area contributed by atoms with Gasteiger partial charge in [0.1, 0.15) is 17.8 Å². The summed E-state index contributed by atoms with van der Waals surface area (Å²) in [5.74, 6) is 1.76. The molecule has 0 saturated carbocycles. The molecule has 1 atom stereocenters. The second-order valence-corrected chi connectivity index (χ2v) is 9.09. The van der Waals surface area contributed by atoms with E-state index in [0.29, 0.717) is 45.2 Å². The number of rotatable bonds is 9. The van der Waals surface area contributed by atoms with Crippen LogP contribution in [0.3, 0.4) is 0 Å². The SMILES string of the molecule is COc1ccc(CN(Cc2nc(C(=O)N3CCN(C(C)=O)CC3)co2)C(C)c2ccccc2)c(OC)c1. The maximum absolute atomic E-state index is 13.0. The molecule has 0 radical (unpaired) electrons. The molecule has 1 aromatic heterocycles. The summed E-state index contributed by atoms with van der Waals surface area (Å²) in [6, 6.07) is 16.0. The number of oxazole rings is 1. The van der Waals surface area contributed by atoms with Gasteiger partial charge in [0.25, 0.3) is 5.91 Å². The third-order valence-corrected chi connectivity index (χ3v) is 6.82. The Balaban J connectivity index is 1.52. The van der Waals surface area contributed by atoms with Gasteiger partial charge in [-0.1, -0.05) is 36.4 Å². The van der Waals surface area contributed by atoms with Crippen LogP contribution in [0.5, 0.6) is 11.5 Å². The maximum Gasteiger partial charge on any atom is 0.275 e. The molecule has 0 N–H and O–H groups in total. The minimum Gasteiger partial charge on any atom is -0.497 e. The quantitative estimate of drug-likeness (QED) is 0.437. The average molecular weight is 507 g/mol. The van der Waals surface area contributed by atoms with Crippen LogP contribution in [0.25, 0.3) is 0 Å². The molecule has 2 amide bonds. The molecular formula is C28H34N4O5. The highest BCUT2D eigenvalue weighted by Gasteiger charge is 2.26. The Morgan fingerprint density at radius 3 is 2.35 bits per heavy atom. The molecule has 1 saturated heterocycles. The third kappa shape index (κ3) is 6.29. The highest BCUT2D eigenvalue weighted by Crippen LogP contribution is 2.30. The van der Waals surface area contributed by atoms with Crippen molar-refractivity contribution >= 4 is 11.8 Å². The number of hydrogen-bond donors (Lipinski definition) is 0. The molecule has 0 bridgehead atoms. The second-order valence-electron chi connectivity index (χ2n) is 9.09. The monoisotopic (exact) mass is 506 g/mol. The van der Waals surface area contributed by atoms with E-state index in [9.17, 15) is 9.59 Å². The predicted molar refractivity (Wildman–Crippen MR) is 138 cm³/mol. The highest BCUT2D eigenvalue weighted by molar-refractivity contribution is 5.92. The molecule has 4 rings (SSSR count). The lowest BCUT2D eigenvalue weighted by Gasteiger charge is -2.33. The predicted octanol–water partition coefficient (Wildman–Crippen LogP) is 3.76. The van der Waals surface area contributed by atoms with Crippen molar-refractivity contribution in [2.45, 2.75) is 33.0 Å². The van der Waals surface area contributed by atoms with E-state index in [2.05, 4.69) is 28.9 Å². The van der Waals surface area contributed by atoms with Crippen LogP contribution in [0.4, 0.5) is 0 Å². The van der Waals surface area contributed by atoms with Crippen LogP contribution in [0, 0.1) is 0 Å². The molecule has 1 unspecified atom stereocenters. The summed E-state index contributed by atoms with van der Waals surface area (Å²) in [6.07, 6.45) is 1.42. The first kappa shape index (κ1) is 26.2. The number of hydrogen-bond acceptors (Lipinski definition) is 7. The van der Waals surface area contributed by atoms with E-state index in [1.807, 2.05) is 36.4 Å². The number of carbonyl (C=O) groups excluding carboxylic acids is 2. The number of ether oxygens (including phenoxy) is 2. The Kier molecular flexibility index (Phi) is 8.45. The molecule has 1 fully saturated rings. The number of carbonyl (C=O) groups is 2. The second kappa shape index (κ2) is 11.9. The average Bonchev–Trinajstić information content (AvgIpc) is 3.41. The molecule has 9 heteroatoms. The van der Waals surface area contributed by atoms with Gasteiger partial charge in [-0.15, -0.1) is 0 Å². The first-order chi connectivity index (χ1) is 17.9. The lowest BCUT2D eigenvalue weighted by atomic mass is 10.1. The Labute approximate surface area is 217 Å². The van der Waals surface area contributed by atoms with Crippen LogP contribution in [0.15, 0.2) is 59.2 Å². The zero-order valence-corrected chi connectivity index (χ0v) is 21.8. The van der Waals surface area contributed by atoms with Gasteiger partial charge in [-0.05, 0) is 18.6 Å². The Morgan fingerprint density at radius 2 is 1.70 bits per heavy atom. The molecule has 3 aromatic rings. The van der Waals surface area contributed by atoms with Crippen molar-refractivity contribution in [3.8, 4) is 11.5 Å². The molecule has 0 aliphatic carbocycles. The molecule has 37 heavy (non-hydrogen) atoms. The fourth-order valence-corrected chi connectivity index (χ4v) is 4.52. The third-order valence-electron chi connectivity index (χ3n) is 6.82. The van der Waals surface area contributed by atoms with Gasteiger partial charge in [-0.25, -0.2) is 4.98 Å². The lowest BCUT2D eigenvalue weighted by Crippen LogP contribution is -2.50. The van der Waals surface area contributed by atoms with Crippen LogP contribution in [0.2, 0.25) is 0 Å². The number of aromatic nitrogens is 1. The summed E-state index contributed by atoms with van der Waals surface area (Å²) >= 11 is 0. The summed E-state index contributed by atoms with van der Waals surface area (Å²) in [6.45, 7) is 6.66. The van der Waals surface area contributed by atoms with Crippen molar-refractivity contribution in [2.75, 3.05) is 40.4 Å². The Hall–Kier alpha value is -3.85. The van der Waals surface area contributed by atoms with Crippen LogP contribution in [0.1, 0.15) is 47.4 Å². The molecule has 2 aromatic carbocycles. The zero-order valence-electron chi connectivity index (χ0n) is 21.8.